The Balaban J connectivity index is 1.87. The van der Waals surface area contributed by atoms with E-state index in [-0.39, 0.29) is 28.5 Å². The molecular formula is C23H24FNO5S2. The molecule has 170 valence electrons. The first-order valence-corrected chi connectivity index (χ1v) is 12.9. The maximum Gasteiger partial charge on any atom is 0.264 e. The lowest BCUT2D eigenvalue weighted by Crippen LogP contribution is -2.33. The van der Waals surface area contributed by atoms with Gasteiger partial charge in [0.1, 0.15) is 11.6 Å². The van der Waals surface area contributed by atoms with Crippen LogP contribution in [0.5, 0.6) is 5.75 Å². The van der Waals surface area contributed by atoms with Gasteiger partial charge < -0.3 is 4.74 Å². The Morgan fingerprint density at radius 2 is 1.38 bits per heavy atom. The van der Waals surface area contributed by atoms with Crippen molar-refractivity contribution in [2.75, 3.05) is 23.7 Å². The maximum absolute atomic E-state index is 13.4. The average molecular weight is 478 g/mol. The second-order valence-electron chi connectivity index (χ2n) is 7.21. The van der Waals surface area contributed by atoms with Crippen molar-refractivity contribution in [3.05, 3.63) is 84.2 Å². The standard InChI is InChI=1S/C23H24FNO5S2/c1-18-4-12-23(13-5-18)32(28,29)25(20-8-10-21(30-2)11-9-20)16-3-17-31(26,27)22-14-6-19(24)7-15-22/h4-15H,3,16-17H2,1-2H3. The fraction of sp³-hybridized carbons (Fsp3) is 0.217. The van der Waals surface area contributed by atoms with Crippen molar-refractivity contribution in [3.8, 4) is 5.75 Å². The second-order valence-corrected chi connectivity index (χ2v) is 11.2. The van der Waals surface area contributed by atoms with Gasteiger partial charge in [0, 0.05) is 6.54 Å². The summed E-state index contributed by atoms with van der Waals surface area (Å²) >= 11 is 0. The Kier molecular flexibility index (Phi) is 7.20. The Morgan fingerprint density at radius 3 is 1.94 bits per heavy atom. The van der Waals surface area contributed by atoms with Gasteiger partial charge in [0.2, 0.25) is 0 Å². The van der Waals surface area contributed by atoms with Gasteiger partial charge in [-0.3, -0.25) is 4.31 Å². The number of aryl methyl sites for hydroxylation is 1. The molecule has 3 rings (SSSR count). The fourth-order valence-corrected chi connectivity index (χ4v) is 5.93. The van der Waals surface area contributed by atoms with Crippen molar-refractivity contribution >= 4 is 25.5 Å². The minimum absolute atomic E-state index is 0.00344. The monoisotopic (exact) mass is 477 g/mol. The molecule has 0 fully saturated rings. The van der Waals surface area contributed by atoms with E-state index in [0.717, 1.165) is 17.7 Å². The predicted molar refractivity (Wildman–Crippen MR) is 122 cm³/mol. The number of hydrogen-bond donors (Lipinski definition) is 0. The molecule has 0 amide bonds. The molecule has 32 heavy (non-hydrogen) atoms. The molecule has 0 saturated carbocycles. The number of rotatable bonds is 9. The van der Waals surface area contributed by atoms with Crippen molar-refractivity contribution in [3.63, 3.8) is 0 Å². The highest BCUT2D eigenvalue weighted by Crippen LogP contribution is 2.27. The first-order valence-electron chi connectivity index (χ1n) is 9.85. The van der Waals surface area contributed by atoms with Crippen molar-refractivity contribution in [1.82, 2.24) is 0 Å². The summed E-state index contributed by atoms with van der Waals surface area (Å²) in [6.07, 6.45) is 0.0524. The summed E-state index contributed by atoms with van der Waals surface area (Å²) in [4.78, 5) is 0.108. The molecule has 6 nitrogen and oxygen atoms in total. The zero-order valence-corrected chi connectivity index (χ0v) is 19.4. The van der Waals surface area contributed by atoms with Crippen LogP contribution in [0, 0.1) is 12.7 Å². The molecule has 0 N–H and O–H groups in total. The van der Waals surface area contributed by atoms with E-state index in [2.05, 4.69) is 0 Å². The summed E-state index contributed by atoms with van der Waals surface area (Å²) in [6, 6.07) is 17.5. The van der Waals surface area contributed by atoms with E-state index in [1.54, 1.807) is 36.4 Å². The topological polar surface area (TPSA) is 80.8 Å². The Labute approximate surface area is 188 Å². The summed E-state index contributed by atoms with van der Waals surface area (Å²) < 4.78 is 71.4. The summed E-state index contributed by atoms with van der Waals surface area (Å²) in [6.45, 7) is 1.81. The summed E-state index contributed by atoms with van der Waals surface area (Å²) in [5.41, 5.74) is 1.32. The maximum atomic E-state index is 13.4. The highest BCUT2D eigenvalue weighted by molar-refractivity contribution is 7.93. The van der Waals surface area contributed by atoms with E-state index in [1.165, 1.54) is 35.7 Å². The van der Waals surface area contributed by atoms with Gasteiger partial charge >= 0.3 is 0 Å². The molecule has 0 unspecified atom stereocenters. The van der Waals surface area contributed by atoms with Crippen molar-refractivity contribution < 1.29 is 26.0 Å². The zero-order valence-electron chi connectivity index (χ0n) is 17.7. The van der Waals surface area contributed by atoms with Gasteiger partial charge in [-0.1, -0.05) is 17.7 Å². The van der Waals surface area contributed by atoms with E-state index in [0.29, 0.717) is 11.4 Å². The number of ether oxygens (including phenoxy) is 1. The van der Waals surface area contributed by atoms with Gasteiger partial charge in [0.25, 0.3) is 10.0 Å². The van der Waals surface area contributed by atoms with Gasteiger partial charge in [0.05, 0.1) is 28.3 Å². The molecule has 0 atom stereocenters. The average Bonchev–Trinajstić information content (AvgIpc) is 2.77. The van der Waals surface area contributed by atoms with Crippen molar-refractivity contribution in [2.24, 2.45) is 0 Å². The van der Waals surface area contributed by atoms with Crippen LogP contribution in [0.25, 0.3) is 0 Å². The third-order valence-corrected chi connectivity index (χ3v) is 8.57. The first-order chi connectivity index (χ1) is 15.1. The van der Waals surface area contributed by atoms with E-state index in [1.807, 2.05) is 6.92 Å². The molecule has 0 aliphatic rings. The van der Waals surface area contributed by atoms with Gasteiger partial charge in [-0.25, -0.2) is 21.2 Å². The highest BCUT2D eigenvalue weighted by Gasteiger charge is 2.26. The van der Waals surface area contributed by atoms with Gasteiger partial charge in [-0.15, -0.1) is 0 Å². The van der Waals surface area contributed by atoms with E-state index < -0.39 is 25.7 Å². The second kappa shape index (κ2) is 9.70. The first kappa shape index (κ1) is 23.7. The number of hydrogen-bond acceptors (Lipinski definition) is 5. The summed E-state index contributed by atoms with van der Waals surface area (Å²) in [5.74, 6) is -0.242. The largest absolute Gasteiger partial charge is 0.497 e. The number of nitrogens with zero attached hydrogens (tertiary/aromatic N) is 1. The fourth-order valence-electron chi connectivity index (χ4n) is 3.13. The molecule has 0 aromatic heterocycles. The molecule has 0 saturated heterocycles. The quantitative estimate of drug-likeness (QED) is 0.432. The lowest BCUT2D eigenvalue weighted by atomic mass is 10.2. The number of sulfone groups is 1. The van der Waals surface area contributed by atoms with Crippen LogP contribution in [-0.2, 0) is 19.9 Å². The van der Waals surface area contributed by atoms with Crippen LogP contribution in [0.15, 0.2) is 82.6 Å². The van der Waals surface area contributed by atoms with Crippen LogP contribution in [0.2, 0.25) is 0 Å². The van der Waals surface area contributed by atoms with E-state index >= 15 is 0 Å². The van der Waals surface area contributed by atoms with Crippen LogP contribution < -0.4 is 9.04 Å². The number of sulfonamides is 1. The SMILES string of the molecule is COc1ccc(N(CCCS(=O)(=O)c2ccc(F)cc2)S(=O)(=O)c2ccc(C)cc2)cc1. The van der Waals surface area contributed by atoms with Crippen LogP contribution >= 0.6 is 0 Å². The lowest BCUT2D eigenvalue weighted by molar-refractivity contribution is 0.415. The molecule has 3 aromatic carbocycles. The molecule has 0 radical (unpaired) electrons. The normalized spacial score (nSPS) is 11.8. The minimum atomic E-state index is -3.93. The predicted octanol–water partition coefficient (Wildman–Crippen LogP) is 4.20. The van der Waals surface area contributed by atoms with Crippen LogP contribution in [0.3, 0.4) is 0 Å². The van der Waals surface area contributed by atoms with E-state index in [9.17, 15) is 21.2 Å². The molecule has 0 aliphatic heterocycles. The molecule has 0 heterocycles. The van der Waals surface area contributed by atoms with Crippen molar-refractivity contribution in [2.45, 2.75) is 23.1 Å². The summed E-state index contributed by atoms with van der Waals surface area (Å²) in [7, 11) is -6.11. The molecule has 0 bridgehead atoms. The van der Waals surface area contributed by atoms with Gasteiger partial charge in [-0.2, -0.15) is 0 Å². The van der Waals surface area contributed by atoms with Crippen molar-refractivity contribution in [1.29, 1.82) is 0 Å². The molecule has 9 heteroatoms. The van der Waals surface area contributed by atoms with Crippen LogP contribution in [0.4, 0.5) is 10.1 Å². The zero-order chi connectivity index (χ0) is 23.4. The number of benzene rings is 3. The highest BCUT2D eigenvalue weighted by atomic mass is 32.2. The van der Waals surface area contributed by atoms with Gasteiger partial charge in [0.15, 0.2) is 9.84 Å². The Hall–Kier alpha value is -2.91. The van der Waals surface area contributed by atoms with E-state index in [4.69, 9.17) is 4.74 Å². The molecule has 0 spiro atoms. The molecular weight excluding hydrogens is 453 g/mol. The lowest BCUT2D eigenvalue weighted by Gasteiger charge is -2.25. The Morgan fingerprint density at radius 1 is 0.812 bits per heavy atom. The third-order valence-electron chi connectivity index (χ3n) is 4.92. The van der Waals surface area contributed by atoms with Gasteiger partial charge in [-0.05, 0) is 74.0 Å². The number of methoxy groups -OCH3 is 1. The smallest absolute Gasteiger partial charge is 0.264 e. The minimum Gasteiger partial charge on any atom is -0.497 e. The molecule has 3 aromatic rings. The van der Waals surface area contributed by atoms with Crippen LogP contribution in [-0.4, -0.2) is 36.2 Å². The number of halogens is 1. The summed E-state index contributed by atoms with van der Waals surface area (Å²) in [5, 5.41) is 0. The number of anilines is 1. The van der Waals surface area contributed by atoms with Crippen LogP contribution in [0.1, 0.15) is 12.0 Å². The Bertz CT molecular complexity index is 1260. The third kappa shape index (κ3) is 5.46. The molecule has 0 aliphatic carbocycles.